The van der Waals surface area contributed by atoms with Crippen LogP contribution in [0.1, 0.15) is 147 Å². The quantitative estimate of drug-likeness (QED) is 0.0827. The topological polar surface area (TPSA) is 66.4 Å². The van der Waals surface area contributed by atoms with E-state index in [-0.39, 0.29) is 85.6 Å². The van der Waals surface area contributed by atoms with Gasteiger partial charge in [0.1, 0.15) is 0 Å². The molecule has 0 unspecified atom stereocenters. The number of rotatable bonds is 7. The molecule has 0 bridgehead atoms. The molecule has 0 heterocycles. The third-order valence-corrected chi connectivity index (χ3v) is 12.6. The zero-order valence-electron chi connectivity index (χ0n) is 39.7. The molecule has 0 aromatic heterocycles. The monoisotopic (exact) mass is 1020 g/mol. The van der Waals surface area contributed by atoms with E-state index < -0.39 is 5.97 Å². The zero-order valence-corrected chi connectivity index (χ0v) is 46.1. The Morgan fingerprint density at radius 3 is 1.02 bits per heavy atom. The van der Waals surface area contributed by atoms with Crippen LogP contribution in [-0.4, -0.2) is 23.5 Å². The second kappa shape index (κ2) is 43.0. The maximum absolute atomic E-state index is 11.7. The number of carbonyl (C=O) groups is 2. The molecule has 4 saturated carbocycles. The van der Waals surface area contributed by atoms with Crippen LogP contribution in [-0.2, 0) is 107 Å². The van der Waals surface area contributed by atoms with E-state index in [0.29, 0.717) is 11.1 Å². The van der Waals surface area contributed by atoms with Crippen molar-refractivity contribution in [3.8, 4) is 12.3 Å². The Morgan fingerprint density at radius 1 is 0.492 bits per heavy atom. The van der Waals surface area contributed by atoms with Gasteiger partial charge in [-0.3, -0.25) is 4.79 Å². The maximum atomic E-state index is 11.7. The van der Waals surface area contributed by atoms with Crippen molar-refractivity contribution in [2.75, 3.05) is 6.54 Å². The maximum Gasteiger partial charge on any atom is 4.00 e. The van der Waals surface area contributed by atoms with Gasteiger partial charge < -0.3 is 90.6 Å². The average molecular weight is 1020 g/mol. The Morgan fingerprint density at radius 2 is 0.769 bits per heavy atom. The van der Waals surface area contributed by atoms with E-state index in [4.69, 9.17) is 62.0 Å². The number of aromatic carboxylic acids is 1. The van der Waals surface area contributed by atoms with E-state index in [2.05, 4.69) is 23.4 Å². The van der Waals surface area contributed by atoms with Crippen LogP contribution in [0.3, 0.4) is 0 Å². The van der Waals surface area contributed by atoms with Gasteiger partial charge in [0.25, 0.3) is 5.91 Å². The number of hydrogen-bond acceptors (Lipinski definition) is 6. The van der Waals surface area contributed by atoms with Gasteiger partial charge in [-0.2, -0.15) is 19.6 Å². The summed E-state index contributed by atoms with van der Waals surface area (Å²) >= 11 is 19.4. The molecule has 4 aliphatic carbocycles. The Balaban J connectivity index is -0.000000357. The average Bonchev–Trinajstić information content (AvgIpc) is 4.12. The molecule has 0 radical (unpaired) electrons. The summed E-state index contributed by atoms with van der Waals surface area (Å²) in [4.78, 5) is 25.4. The van der Waals surface area contributed by atoms with E-state index in [1.54, 1.807) is 12.1 Å². The molecule has 4 aromatic rings. The molecule has 1 amide bonds. The number of hydrogen-bond donors (Lipinski definition) is 2. The van der Waals surface area contributed by atoms with E-state index in [1.807, 2.05) is 72.8 Å². The van der Waals surface area contributed by atoms with Crippen molar-refractivity contribution in [1.29, 1.82) is 0 Å². The van der Waals surface area contributed by atoms with Crippen LogP contribution in [0.4, 0.5) is 0 Å². The molecule has 2 N–H and O–H groups in total. The molecule has 0 spiro atoms. The van der Waals surface area contributed by atoms with E-state index in [0.717, 1.165) is 44.3 Å². The number of amides is 1. The van der Waals surface area contributed by atoms with Gasteiger partial charge in [0.15, 0.2) is 0 Å². The Bertz CT molecular complexity index is 1690. The Labute approximate surface area is 449 Å². The minimum Gasteiger partial charge on any atom is -0.781 e. The zero-order chi connectivity index (χ0) is 42.5. The molecule has 8 rings (SSSR count). The van der Waals surface area contributed by atoms with Gasteiger partial charge in [0.05, 0.1) is 12.1 Å². The van der Waals surface area contributed by atoms with Crippen molar-refractivity contribution < 1.29 is 58.1 Å². The van der Waals surface area contributed by atoms with Gasteiger partial charge in [-0.1, -0.05) is 194 Å². The fraction of sp³-hybridized carbons (Fsp3) is 0.418. The van der Waals surface area contributed by atoms with E-state index >= 15 is 0 Å². The first kappa shape index (κ1) is 69.3. The summed E-state index contributed by atoms with van der Waals surface area (Å²) in [6, 6.07) is 30.1. The van der Waals surface area contributed by atoms with Crippen molar-refractivity contribution in [1.82, 2.24) is 5.32 Å². The molecule has 4 nitrogen and oxygen atoms in total. The van der Waals surface area contributed by atoms with E-state index in [9.17, 15) is 9.59 Å². The molecular weight excluding hydrogens is 947 g/mol. The van der Waals surface area contributed by atoms with E-state index in [1.165, 1.54) is 127 Å². The van der Waals surface area contributed by atoms with Gasteiger partial charge in [0, 0.05) is 5.56 Å². The summed E-state index contributed by atoms with van der Waals surface area (Å²) < 4.78 is 0. The molecule has 4 fully saturated rings. The fourth-order valence-corrected chi connectivity index (χ4v) is 8.16. The van der Waals surface area contributed by atoms with Crippen LogP contribution >= 0.6 is 0 Å². The number of benzene rings is 4. The minimum atomic E-state index is -0.845. The van der Waals surface area contributed by atoms with Crippen LogP contribution in [0.5, 0.6) is 0 Å². The van der Waals surface area contributed by atoms with Crippen LogP contribution in [0, 0.1) is 53.9 Å². The van der Waals surface area contributed by atoms with Crippen molar-refractivity contribution >= 4 is 62.4 Å². The molecule has 0 saturated heterocycles. The van der Waals surface area contributed by atoms with Gasteiger partial charge in [0.2, 0.25) is 0 Å². The standard InChI is InChI=1S/C16H19NO.C13H16O2.2C6H6S2.2C5H10.4CH3.2Ti/c1-2-11-17-16(18)15-9-7-14(8-10-15)12-13-5-3-4-6-13;14-13(15)12-7-5-11(6-8-12)9-10-3-1-2-4-10;2*7-5-3-1-2-4-6(5)8;2*1-2-4-5-3-1;;;;;;/h1,7-10,13H,3-6,11-12H2,(H,17,18);5-8,10H,1-4,9H2,(H,14,15);2*1-4,7-8H;2*1-5H2;4*1H3;;/q;;;;;;4*-1;2*+4/p-4. The smallest absolute Gasteiger partial charge is 0.781 e. The van der Waals surface area contributed by atoms with Crippen LogP contribution in [0.15, 0.2) is 117 Å². The number of terminal acetylenes is 1. The fourth-order valence-electron chi connectivity index (χ4n) is 7.57. The third-order valence-electron chi connectivity index (χ3n) is 11.0. The summed E-state index contributed by atoms with van der Waals surface area (Å²) in [5.41, 5.74) is 3.66. The van der Waals surface area contributed by atoms with Crippen molar-refractivity contribution in [3.63, 3.8) is 0 Å². The molecule has 10 heteroatoms. The molecule has 4 aromatic carbocycles. The number of carboxylic acid groups (broad SMARTS) is 1. The van der Waals surface area contributed by atoms with Gasteiger partial charge >= 0.3 is 49.4 Å². The molecule has 0 atom stereocenters. The van der Waals surface area contributed by atoms with Crippen molar-refractivity contribution in [3.05, 3.63) is 149 Å². The molecular formula is C55H75NO3S4Ti2. The molecule has 0 aliphatic heterocycles. The summed E-state index contributed by atoms with van der Waals surface area (Å²) in [6.07, 6.45) is 33.2. The second-order valence-corrected chi connectivity index (χ2v) is 17.5. The predicted molar refractivity (Wildman–Crippen MR) is 280 cm³/mol. The van der Waals surface area contributed by atoms with Gasteiger partial charge in [-0.25, -0.2) is 4.79 Å². The summed E-state index contributed by atoms with van der Waals surface area (Å²) in [5.74, 6) is 3.11. The Kier molecular flexibility index (Phi) is 45.8. The first-order valence-corrected chi connectivity index (χ1v) is 23.3. The summed E-state index contributed by atoms with van der Waals surface area (Å²) in [7, 11) is 0. The van der Waals surface area contributed by atoms with Gasteiger partial charge in [-0.15, -0.1) is 6.42 Å². The molecule has 350 valence electrons. The summed E-state index contributed by atoms with van der Waals surface area (Å²) in [6.45, 7) is 0.280. The largest absolute Gasteiger partial charge is 4.00 e. The van der Waals surface area contributed by atoms with Crippen molar-refractivity contribution in [2.45, 2.75) is 148 Å². The first-order chi connectivity index (χ1) is 28.7. The molecule has 65 heavy (non-hydrogen) atoms. The minimum absolute atomic E-state index is 0. The summed E-state index contributed by atoms with van der Waals surface area (Å²) in [5, 5.41) is 11.4. The predicted octanol–water partition coefficient (Wildman–Crippen LogP) is 14.6. The normalized spacial score (nSPS) is 14.0. The second-order valence-electron chi connectivity index (χ2n) is 15.7. The van der Waals surface area contributed by atoms with Crippen LogP contribution in [0.25, 0.3) is 0 Å². The van der Waals surface area contributed by atoms with Crippen molar-refractivity contribution in [2.24, 2.45) is 11.8 Å². The first-order valence-electron chi connectivity index (χ1n) is 21.6. The van der Waals surface area contributed by atoms with Crippen LogP contribution in [0.2, 0.25) is 0 Å². The SMILES string of the molecule is C#CCNC(=O)c1ccc(CC2CCCC2)cc1.C1CCCC1.C1CCCC1.O=C(O)c1ccc(CC2CCCC2)cc1.[CH3-].[CH3-].[CH3-].[CH3-].[S-]c1ccccc1[S-].[S-]c1ccccc1[S-].[Ti+4].[Ti+4]. The Hall–Kier alpha value is -2.31. The van der Waals surface area contributed by atoms with Gasteiger partial charge in [-0.05, 0) is 60.1 Å². The number of nitrogens with one attached hydrogen (secondary N) is 1. The number of carbonyl (C=O) groups excluding carboxylic acids is 1. The molecule has 4 aliphatic rings. The van der Waals surface area contributed by atoms with Crippen LogP contribution < -0.4 is 5.32 Å². The number of carboxylic acids is 1. The third kappa shape index (κ3) is 31.4.